The van der Waals surface area contributed by atoms with Crippen molar-refractivity contribution in [1.29, 1.82) is 0 Å². The number of nitrogens with zero attached hydrogens (tertiary/aromatic N) is 1. The van der Waals surface area contributed by atoms with Crippen molar-refractivity contribution in [2.24, 2.45) is 0 Å². The van der Waals surface area contributed by atoms with E-state index in [1.165, 1.54) is 5.56 Å². The van der Waals surface area contributed by atoms with Crippen molar-refractivity contribution in [2.45, 2.75) is 38.6 Å². The third-order valence-electron chi connectivity index (χ3n) is 5.66. The standard InChI is InChI=1S/C28H32N4O4.Na/c1-20-8-10-21(11-9-20)22-12-14-23(15-13-22)24(18-28(35)36)32-27(34)19-31-26(33)7-3-5-17-30-25-6-2-4-16-29-25;/h2,4,6,8-16,24H,3,5,7,17-19H2,1H3,(H,29,30)(H,31,33)(H,32,34)(H,35,36);. The molecular formula is C28H32N4NaO4. The van der Waals surface area contributed by atoms with E-state index in [-0.39, 0.29) is 48.4 Å². The van der Waals surface area contributed by atoms with Gasteiger partial charge in [0.25, 0.3) is 0 Å². The van der Waals surface area contributed by atoms with E-state index in [1.54, 1.807) is 6.20 Å². The molecule has 1 radical (unpaired) electrons. The smallest absolute Gasteiger partial charge is 0.305 e. The number of pyridine rings is 1. The van der Waals surface area contributed by atoms with Gasteiger partial charge in [-0.2, -0.15) is 0 Å². The summed E-state index contributed by atoms with van der Waals surface area (Å²) in [6, 6.07) is 20.5. The number of rotatable bonds is 13. The van der Waals surface area contributed by atoms with Crippen LogP contribution in [-0.2, 0) is 14.4 Å². The molecule has 0 aliphatic rings. The van der Waals surface area contributed by atoms with Crippen molar-refractivity contribution in [2.75, 3.05) is 18.4 Å². The molecule has 0 bridgehead atoms. The molecule has 0 spiro atoms. The fourth-order valence-electron chi connectivity index (χ4n) is 3.69. The van der Waals surface area contributed by atoms with Gasteiger partial charge >= 0.3 is 5.97 Å². The van der Waals surface area contributed by atoms with Crippen LogP contribution in [0.3, 0.4) is 0 Å². The van der Waals surface area contributed by atoms with E-state index in [2.05, 4.69) is 20.9 Å². The Morgan fingerprint density at radius 1 is 0.892 bits per heavy atom. The molecule has 4 N–H and O–H groups in total. The number of carbonyl (C=O) groups is 3. The fraction of sp³-hybridized carbons (Fsp3) is 0.286. The Morgan fingerprint density at radius 3 is 2.19 bits per heavy atom. The molecule has 2 amide bonds. The van der Waals surface area contributed by atoms with Crippen molar-refractivity contribution in [3.05, 3.63) is 84.1 Å². The zero-order chi connectivity index (χ0) is 25.8. The summed E-state index contributed by atoms with van der Waals surface area (Å²) in [7, 11) is 0. The number of hydrogen-bond donors (Lipinski definition) is 4. The molecule has 37 heavy (non-hydrogen) atoms. The first-order valence-corrected chi connectivity index (χ1v) is 12.0. The molecule has 0 aliphatic heterocycles. The Bertz CT molecular complexity index is 1140. The Balaban J connectivity index is 0.00000481. The van der Waals surface area contributed by atoms with Gasteiger partial charge in [-0.1, -0.05) is 60.2 Å². The van der Waals surface area contributed by atoms with Gasteiger partial charge in [-0.25, -0.2) is 4.98 Å². The van der Waals surface area contributed by atoms with Gasteiger partial charge in [0.05, 0.1) is 19.0 Å². The quantitative estimate of drug-likeness (QED) is 0.205. The number of aryl methyl sites for hydroxylation is 1. The summed E-state index contributed by atoms with van der Waals surface area (Å²) in [6.45, 7) is 2.52. The van der Waals surface area contributed by atoms with Crippen LogP contribution >= 0.6 is 0 Å². The Hall–Kier alpha value is -3.20. The molecule has 1 atom stereocenters. The van der Waals surface area contributed by atoms with Crippen molar-refractivity contribution < 1.29 is 19.5 Å². The molecule has 1 heterocycles. The van der Waals surface area contributed by atoms with E-state index in [4.69, 9.17) is 0 Å². The van der Waals surface area contributed by atoms with Crippen LogP contribution in [-0.4, -0.2) is 70.5 Å². The molecule has 1 unspecified atom stereocenters. The zero-order valence-electron chi connectivity index (χ0n) is 21.4. The van der Waals surface area contributed by atoms with Crippen LogP contribution in [0.4, 0.5) is 5.82 Å². The van der Waals surface area contributed by atoms with Gasteiger partial charge < -0.3 is 21.1 Å². The minimum atomic E-state index is -1.02. The monoisotopic (exact) mass is 511 g/mol. The van der Waals surface area contributed by atoms with Crippen LogP contribution in [0.15, 0.2) is 72.9 Å². The van der Waals surface area contributed by atoms with Gasteiger partial charge in [-0.15, -0.1) is 0 Å². The number of hydrogen-bond acceptors (Lipinski definition) is 5. The molecule has 1 aromatic heterocycles. The van der Waals surface area contributed by atoms with Crippen molar-refractivity contribution >= 4 is 53.2 Å². The topological polar surface area (TPSA) is 120 Å². The van der Waals surface area contributed by atoms with Gasteiger partial charge in [0.2, 0.25) is 11.8 Å². The average molecular weight is 512 g/mol. The van der Waals surface area contributed by atoms with Crippen LogP contribution in [0.1, 0.15) is 42.9 Å². The number of anilines is 1. The van der Waals surface area contributed by atoms with E-state index in [0.717, 1.165) is 23.4 Å². The first kappa shape index (κ1) is 30.0. The fourth-order valence-corrected chi connectivity index (χ4v) is 3.69. The second kappa shape index (κ2) is 15.8. The van der Waals surface area contributed by atoms with Crippen LogP contribution < -0.4 is 16.0 Å². The maximum Gasteiger partial charge on any atom is 0.305 e. The molecule has 189 valence electrons. The molecule has 0 saturated carbocycles. The van der Waals surface area contributed by atoms with Gasteiger partial charge in [-0.05, 0) is 48.6 Å². The van der Waals surface area contributed by atoms with E-state index in [9.17, 15) is 19.5 Å². The number of aliphatic carboxylic acids is 1. The number of benzene rings is 2. The van der Waals surface area contributed by atoms with Crippen molar-refractivity contribution in [3.63, 3.8) is 0 Å². The molecule has 3 rings (SSSR count). The Kier molecular flexibility index (Phi) is 12.8. The van der Waals surface area contributed by atoms with Gasteiger partial charge in [0, 0.05) is 48.7 Å². The van der Waals surface area contributed by atoms with E-state index in [1.807, 2.05) is 73.7 Å². The number of carboxylic acids is 1. The molecule has 0 aliphatic carbocycles. The van der Waals surface area contributed by atoms with Crippen LogP contribution in [0.2, 0.25) is 0 Å². The molecule has 0 fully saturated rings. The SMILES string of the molecule is Cc1ccc(-c2ccc(C(CC(=O)O)NC(=O)CNC(=O)CCCCNc3ccccn3)cc2)cc1.[Na]. The van der Waals surface area contributed by atoms with Crippen LogP contribution in [0, 0.1) is 6.92 Å². The van der Waals surface area contributed by atoms with Crippen molar-refractivity contribution in [1.82, 2.24) is 15.6 Å². The Morgan fingerprint density at radius 2 is 1.57 bits per heavy atom. The Labute approximate surface area is 239 Å². The zero-order valence-corrected chi connectivity index (χ0v) is 23.4. The number of nitrogens with one attached hydrogen (secondary N) is 3. The van der Waals surface area contributed by atoms with E-state index < -0.39 is 17.9 Å². The minimum absolute atomic E-state index is 0. The third-order valence-corrected chi connectivity index (χ3v) is 5.66. The number of carboxylic acid groups (broad SMARTS) is 1. The number of unbranched alkanes of at least 4 members (excludes halogenated alkanes) is 1. The summed E-state index contributed by atoms with van der Waals surface area (Å²) >= 11 is 0. The third kappa shape index (κ3) is 10.8. The molecule has 8 nitrogen and oxygen atoms in total. The van der Waals surface area contributed by atoms with Crippen LogP contribution in [0.5, 0.6) is 0 Å². The van der Waals surface area contributed by atoms with E-state index in [0.29, 0.717) is 24.9 Å². The number of carbonyl (C=O) groups excluding carboxylic acids is 2. The van der Waals surface area contributed by atoms with Crippen LogP contribution in [0.25, 0.3) is 11.1 Å². The summed E-state index contributed by atoms with van der Waals surface area (Å²) < 4.78 is 0. The minimum Gasteiger partial charge on any atom is -0.481 e. The summed E-state index contributed by atoms with van der Waals surface area (Å²) in [4.78, 5) is 40.1. The number of amides is 2. The molecule has 9 heteroatoms. The van der Waals surface area contributed by atoms with Crippen molar-refractivity contribution in [3.8, 4) is 11.1 Å². The predicted molar refractivity (Wildman–Crippen MR) is 145 cm³/mol. The summed E-state index contributed by atoms with van der Waals surface area (Å²) in [5.74, 6) is -0.889. The predicted octanol–water partition coefficient (Wildman–Crippen LogP) is 3.71. The maximum absolute atomic E-state index is 12.4. The largest absolute Gasteiger partial charge is 0.481 e. The summed E-state index contributed by atoms with van der Waals surface area (Å²) in [5, 5.41) is 17.8. The first-order valence-electron chi connectivity index (χ1n) is 12.0. The normalized spacial score (nSPS) is 11.1. The molecular weight excluding hydrogens is 479 g/mol. The number of aromatic nitrogens is 1. The second-order valence-electron chi connectivity index (χ2n) is 8.58. The molecule has 0 saturated heterocycles. The first-order chi connectivity index (χ1) is 17.4. The molecule has 2 aromatic carbocycles. The van der Waals surface area contributed by atoms with Gasteiger partial charge in [0.1, 0.15) is 5.82 Å². The van der Waals surface area contributed by atoms with E-state index >= 15 is 0 Å². The average Bonchev–Trinajstić information content (AvgIpc) is 2.88. The summed E-state index contributed by atoms with van der Waals surface area (Å²) in [6.07, 6.45) is 3.21. The van der Waals surface area contributed by atoms with Gasteiger partial charge in [0.15, 0.2) is 0 Å². The second-order valence-corrected chi connectivity index (χ2v) is 8.58. The van der Waals surface area contributed by atoms with Gasteiger partial charge in [-0.3, -0.25) is 14.4 Å². The molecule has 3 aromatic rings. The maximum atomic E-state index is 12.4. The summed E-state index contributed by atoms with van der Waals surface area (Å²) in [5.41, 5.74) is 3.92.